The third-order valence-corrected chi connectivity index (χ3v) is 3.74. The van der Waals surface area contributed by atoms with Crippen LogP contribution in [0.2, 0.25) is 0 Å². The molecule has 1 N–H and O–H groups in total. The van der Waals surface area contributed by atoms with Crippen LogP contribution in [0.4, 0.5) is 0 Å². The normalized spacial score (nSPS) is 17.5. The van der Waals surface area contributed by atoms with Crippen molar-refractivity contribution >= 4 is 5.91 Å². The minimum Gasteiger partial charge on any atom is -0.348 e. The molecule has 0 aliphatic carbocycles. The number of likely N-dealkylation sites (tertiary alicyclic amines) is 1. The van der Waals surface area contributed by atoms with E-state index in [-0.39, 0.29) is 11.8 Å². The molecule has 0 radical (unpaired) electrons. The van der Waals surface area contributed by atoms with Gasteiger partial charge in [0.05, 0.1) is 13.1 Å². The van der Waals surface area contributed by atoms with E-state index in [0.717, 1.165) is 13.1 Å². The third kappa shape index (κ3) is 5.46. The minimum atomic E-state index is 0.0338. The second-order valence-electron chi connectivity index (χ2n) is 6.02. The lowest BCUT2D eigenvalue weighted by atomic mass is 10.1. The number of carbonyl (C=O) groups is 1. The maximum Gasteiger partial charge on any atom is 0.234 e. The Hall–Kier alpha value is -1.43. The maximum absolute atomic E-state index is 12.0. The van der Waals surface area contributed by atoms with Crippen LogP contribution in [-0.2, 0) is 11.3 Å². The van der Waals surface area contributed by atoms with E-state index in [1.165, 1.54) is 32.1 Å². The van der Waals surface area contributed by atoms with Gasteiger partial charge < -0.3 is 9.84 Å². The highest BCUT2D eigenvalue weighted by atomic mass is 16.5. The summed E-state index contributed by atoms with van der Waals surface area (Å²) in [6, 6.07) is 0. The van der Waals surface area contributed by atoms with Gasteiger partial charge in [0.2, 0.25) is 11.8 Å². The van der Waals surface area contributed by atoms with E-state index in [2.05, 4.69) is 20.4 Å². The quantitative estimate of drug-likeness (QED) is 0.900. The number of rotatable bonds is 5. The zero-order valence-corrected chi connectivity index (χ0v) is 13.1. The molecule has 6 nitrogen and oxygen atoms in total. The Morgan fingerprint density at radius 2 is 1.90 bits per heavy atom. The first-order chi connectivity index (χ1) is 10.1. The van der Waals surface area contributed by atoms with E-state index in [1.54, 1.807) is 0 Å². The summed E-state index contributed by atoms with van der Waals surface area (Å²) >= 11 is 0. The summed E-state index contributed by atoms with van der Waals surface area (Å²) in [7, 11) is 0. The Balaban J connectivity index is 1.73. The molecule has 2 rings (SSSR count). The molecular weight excluding hydrogens is 268 g/mol. The van der Waals surface area contributed by atoms with Gasteiger partial charge in [0.25, 0.3) is 0 Å². The third-order valence-electron chi connectivity index (χ3n) is 3.74. The Morgan fingerprint density at radius 1 is 1.24 bits per heavy atom. The minimum absolute atomic E-state index is 0.0338. The predicted octanol–water partition coefficient (Wildman–Crippen LogP) is 2.08. The first kappa shape index (κ1) is 15.9. The first-order valence-electron chi connectivity index (χ1n) is 7.96. The van der Waals surface area contributed by atoms with Gasteiger partial charge in [-0.25, -0.2) is 0 Å². The van der Waals surface area contributed by atoms with Crippen LogP contribution in [0, 0.1) is 0 Å². The van der Waals surface area contributed by atoms with Crippen LogP contribution in [-0.4, -0.2) is 40.6 Å². The predicted molar refractivity (Wildman–Crippen MR) is 79.8 cm³/mol. The van der Waals surface area contributed by atoms with Crippen LogP contribution in [0.3, 0.4) is 0 Å². The van der Waals surface area contributed by atoms with Crippen molar-refractivity contribution in [1.29, 1.82) is 0 Å². The van der Waals surface area contributed by atoms with Crippen molar-refractivity contribution < 1.29 is 9.32 Å². The van der Waals surface area contributed by atoms with E-state index in [0.29, 0.717) is 24.8 Å². The smallest absolute Gasteiger partial charge is 0.234 e. The number of hydrogen-bond donors (Lipinski definition) is 1. The van der Waals surface area contributed by atoms with Crippen LogP contribution in [0.25, 0.3) is 0 Å². The van der Waals surface area contributed by atoms with Gasteiger partial charge in [0.1, 0.15) is 0 Å². The van der Waals surface area contributed by atoms with Gasteiger partial charge in [-0.15, -0.1) is 0 Å². The van der Waals surface area contributed by atoms with Gasteiger partial charge in [-0.05, 0) is 25.9 Å². The molecule has 6 heteroatoms. The summed E-state index contributed by atoms with van der Waals surface area (Å²) in [5.41, 5.74) is 0. The van der Waals surface area contributed by atoms with Crippen molar-refractivity contribution in [3.63, 3.8) is 0 Å². The largest absolute Gasteiger partial charge is 0.348 e. The standard InChI is InChI=1S/C15H26N4O2/c1-12(2)15-17-13(18-21-15)10-16-14(20)11-19-8-6-4-3-5-7-9-19/h12H,3-11H2,1-2H3,(H,16,20). The van der Waals surface area contributed by atoms with Crippen LogP contribution in [0.15, 0.2) is 4.52 Å². The molecule has 1 fully saturated rings. The highest BCUT2D eigenvalue weighted by Crippen LogP contribution is 2.11. The summed E-state index contributed by atoms with van der Waals surface area (Å²) in [5.74, 6) is 1.40. The van der Waals surface area contributed by atoms with Crippen LogP contribution in [0.1, 0.15) is 63.6 Å². The SMILES string of the molecule is CC(C)c1nc(CNC(=O)CN2CCCCCCC2)no1. The van der Waals surface area contributed by atoms with E-state index >= 15 is 0 Å². The monoisotopic (exact) mass is 294 g/mol. The average Bonchev–Trinajstić information content (AvgIpc) is 2.88. The fourth-order valence-corrected chi connectivity index (χ4v) is 2.48. The molecule has 1 aromatic heterocycles. The Bertz CT molecular complexity index is 437. The molecule has 1 aliphatic heterocycles. The van der Waals surface area contributed by atoms with Crippen molar-refractivity contribution in [3.8, 4) is 0 Å². The van der Waals surface area contributed by atoms with Crippen LogP contribution >= 0.6 is 0 Å². The lowest BCUT2D eigenvalue weighted by Crippen LogP contribution is -2.38. The fraction of sp³-hybridized carbons (Fsp3) is 0.800. The number of amides is 1. The van der Waals surface area contributed by atoms with Gasteiger partial charge in [0, 0.05) is 5.92 Å². The number of carbonyl (C=O) groups excluding carboxylic acids is 1. The van der Waals surface area contributed by atoms with Crippen LogP contribution < -0.4 is 5.32 Å². The topological polar surface area (TPSA) is 71.3 Å². The average molecular weight is 294 g/mol. The lowest BCUT2D eigenvalue weighted by molar-refractivity contribution is -0.122. The maximum atomic E-state index is 12.0. The van der Waals surface area contributed by atoms with Gasteiger partial charge in [-0.3, -0.25) is 9.69 Å². The van der Waals surface area contributed by atoms with E-state index in [9.17, 15) is 4.79 Å². The highest BCUT2D eigenvalue weighted by Gasteiger charge is 2.14. The number of nitrogens with one attached hydrogen (secondary N) is 1. The molecule has 0 atom stereocenters. The second kappa shape index (κ2) is 8.12. The zero-order chi connectivity index (χ0) is 15.1. The highest BCUT2D eigenvalue weighted by molar-refractivity contribution is 5.77. The molecule has 21 heavy (non-hydrogen) atoms. The van der Waals surface area contributed by atoms with Gasteiger partial charge in [0.15, 0.2) is 5.82 Å². The van der Waals surface area contributed by atoms with Gasteiger partial charge in [-0.2, -0.15) is 4.98 Å². The number of aromatic nitrogens is 2. The van der Waals surface area contributed by atoms with Crippen molar-refractivity contribution in [3.05, 3.63) is 11.7 Å². The first-order valence-corrected chi connectivity index (χ1v) is 7.96. The molecule has 1 aliphatic rings. The lowest BCUT2D eigenvalue weighted by Gasteiger charge is -2.23. The van der Waals surface area contributed by atoms with E-state index in [4.69, 9.17) is 4.52 Å². The molecular formula is C15H26N4O2. The van der Waals surface area contributed by atoms with Crippen molar-refractivity contribution in [1.82, 2.24) is 20.4 Å². The summed E-state index contributed by atoms with van der Waals surface area (Å²) in [5, 5.41) is 6.74. The number of nitrogens with zero attached hydrogens (tertiary/aromatic N) is 3. The zero-order valence-electron chi connectivity index (χ0n) is 13.1. The molecule has 1 saturated heterocycles. The summed E-state index contributed by atoms with van der Waals surface area (Å²) in [6.07, 6.45) is 6.26. The Labute approximate surface area is 126 Å². The van der Waals surface area contributed by atoms with E-state index < -0.39 is 0 Å². The van der Waals surface area contributed by atoms with Gasteiger partial charge >= 0.3 is 0 Å². The van der Waals surface area contributed by atoms with Crippen LogP contribution in [0.5, 0.6) is 0 Å². The molecule has 0 unspecified atom stereocenters. The molecule has 0 saturated carbocycles. The molecule has 2 heterocycles. The molecule has 1 aromatic rings. The van der Waals surface area contributed by atoms with Gasteiger partial charge in [-0.1, -0.05) is 38.3 Å². The van der Waals surface area contributed by atoms with Crippen molar-refractivity contribution in [2.75, 3.05) is 19.6 Å². The Kier molecular flexibility index (Phi) is 6.17. The summed E-state index contributed by atoms with van der Waals surface area (Å²) in [4.78, 5) is 18.5. The van der Waals surface area contributed by atoms with Crippen molar-refractivity contribution in [2.24, 2.45) is 0 Å². The molecule has 0 spiro atoms. The molecule has 0 bridgehead atoms. The summed E-state index contributed by atoms with van der Waals surface area (Å²) < 4.78 is 5.12. The summed E-state index contributed by atoms with van der Waals surface area (Å²) in [6.45, 7) is 6.84. The number of hydrogen-bond acceptors (Lipinski definition) is 5. The molecule has 118 valence electrons. The second-order valence-corrected chi connectivity index (χ2v) is 6.02. The van der Waals surface area contributed by atoms with E-state index in [1.807, 2.05) is 13.8 Å². The van der Waals surface area contributed by atoms with Crippen molar-refractivity contribution in [2.45, 2.75) is 58.4 Å². The molecule has 1 amide bonds. The fourth-order valence-electron chi connectivity index (χ4n) is 2.48. The molecule has 0 aromatic carbocycles. The Morgan fingerprint density at radius 3 is 2.52 bits per heavy atom.